The minimum Gasteiger partial charge on any atom is -0.506 e. The number of anilines is 1. The lowest BCUT2D eigenvalue weighted by Gasteiger charge is -2.07. The number of carbonyl (C=O) groups is 2. The Labute approximate surface area is 95.8 Å². The highest BCUT2D eigenvalue weighted by Crippen LogP contribution is 2.24. The van der Waals surface area contributed by atoms with E-state index in [4.69, 9.17) is 5.11 Å². The van der Waals surface area contributed by atoms with Gasteiger partial charge < -0.3 is 15.5 Å². The zero-order chi connectivity index (χ0) is 12.1. The molecular formula is C9H10N2O4S. The quantitative estimate of drug-likeness (QED) is 0.475. The van der Waals surface area contributed by atoms with Crippen molar-refractivity contribution in [2.75, 3.05) is 11.6 Å². The third-order valence-corrected chi connectivity index (χ3v) is 2.08. The largest absolute Gasteiger partial charge is 0.506 e. The molecule has 2 amide bonds. The predicted molar refractivity (Wildman–Crippen MR) is 60.7 cm³/mol. The van der Waals surface area contributed by atoms with Gasteiger partial charge in [0.1, 0.15) is 5.75 Å². The standard InChI is InChI=1S/C9H10N2O4S/c1-16-11-9(15)10-6-3-2-5(8(13)14)4-7(6)12/h2-4,12H,1H3,(H,13,14)(H2,10,11,15). The van der Waals surface area contributed by atoms with E-state index in [9.17, 15) is 14.7 Å². The number of amides is 2. The zero-order valence-electron chi connectivity index (χ0n) is 8.35. The van der Waals surface area contributed by atoms with Crippen molar-refractivity contribution in [3.8, 4) is 5.75 Å². The molecule has 0 aromatic heterocycles. The van der Waals surface area contributed by atoms with E-state index >= 15 is 0 Å². The maximum Gasteiger partial charge on any atom is 0.335 e. The Morgan fingerprint density at radius 3 is 2.56 bits per heavy atom. The van der Waals surface area contributed by atoms with Gasteiger partial charge in [0.25, 0.3) is 0 Å². The van der Waals surface area contributed by atoms with E-state index in [0.29, 0.717) is 0 Å². The number of urea groups is 1. The minimum atomic E-state index is -1.14. The van der Waals surface area contributed by atoms with Crippen LogP contribution in [0.25, 0.3) is 0 Å². The molecule has 4 N–H and O–H groups in total. The van der Waals surface area contributed by atoms with Crippen molar-refractivity contribution in [3.63, 3.8) is 0 Å². The summed E-state index contributed by atoms with van der Waals surface area (Å²) in [6.07, 6.45) is 1.67. The SMILES string of the molecule is CSNC(=O)Nc1ccc(C(=O)O)cc1O. The highest BCUT2D eigenvalue weighted by atomic mass is 32.2. The van der Waals surface area contributed by atoms with Crippen LogP contribution in [0.1, 0.15) is 10.4 Å². The molecule has 1 aromatic rings. The number of aromatic hydroxyl groups is 1. The molecule has 0 atom stereocenters. The third-order valence-electron chi connectivity index (χ3n) is 1.69. The van der Waals surface area contributed by atoms with Crippen LogP contribution in [0.3, 0.4) is 0 Å². The van der Waals surface area contributed by atoms with Crippen molar-refractivity contribution >= 4 is 29.6 Å². The molecule has 1 aromatic carbocycles. The molecule has 0 fully saturated rings. The number of hydrogen-bond acceptors (Lipinski definition) is 4. The van der Waals surface area contributed by atoms with Crippen molar-refractivity contribution in [2.45, 2.75) is 0 Å². The Hall–Kier alpha value is -1.89. The molecule has 16 heavy (non-hydrogen) atoms. The fourth-order valence-electron chi connectivity index (χ4n) is 1.01. The normalized spacial score (nSPS) is 9.56. The second-order valence-corrected chi connectivity index (χ2v) is 3.41. The van der Waals surface area contributed by atoms with Crippen LogP contribution in [0.5, 0.6) is 5.75 Å². The Balaban J connectivity index is 2.83. The van der Waals surface area contributed by atoms with Gasteiger partial charge in [-0.05, 0) is 18.2 Å². The van der Waals surface area contributed by atoms with Gasteiger partial charge in [-0.1, -0.05) is 11.9 Å². The molecule has 0 aliphatic heterocycles. The van der Waals surface area contributed by atoms with Crippen molar-refractivity contribution in [2.24, 2.45) is 0 Å². The van der Waals surface area contributed by atoms with Crippen LogP contribution in [0, 0.1) is 0 Å². The summed E-state index contributed by atoms with van der Waals surface area (Å²) in [5, 5.41) is 20.5. The lowest BCUT2D eigenvalue weighted by atomic mass is 10.2. The molecule has 0 heterocycles. The molecule has 7 heteroatoms. The zero-order valence-corrected chi connectivity index (χ0v) is 9.17. The highest BCUT2D eigenvalue weighted by Gasteiger charge is 2.09. The average molecular weight is 242 g/mol. The fraction of sp³-hybridized carbons (Fsp3) is 0.111. The van der Waals surface area contributed by atoms with Crippen molar-refractivity contribution in [3.05, 3.63) is 23.8 Å². The van der Waals surface area contributed by atoms with Gasteiger partial charge in [0.05, 0.1) is 11.3 Å². The van der Waals surface area contributed by atoms with Crippen LogP contribution in [-0.2, 0) is 0 Å². The topological polar surface area (TPSA) is 98.7 Å². The second kappa shape index (κ2) is 5.26. The smallest absolute Gasteiger partial charge is 0.335 e. The van der Waals surface area contributed by atoms with E-state index in [1.165, 1.54) is 12.1 Å². The van der Waals surface area contributed by atoms with E-state index in [1.807, 2.05) is 0 Å². The van der Waals surface area contributed by atoms with Crippen molar-refractivity contribution in [1.29, 1.82) is 0 Å². The van der Waals surface area contributed by atoms with Crippen LogP contribution in [0.2, 0.25) is 0 Å². The number of rotatable bonds is 3. The lowest BCUT2D eigenvalue weighted by molar-refractivity contribution is 0.0696. The van der Waals surface area contributed by atoms with E-state index in [-0.39, 0.29) is 17.0 Å². The van der Waals surface area contributed by atoms with E-state index < -0.39 is 12.0 Å². The van der Waals surface area contributed by atoms with Gasteiger partial charge in [0.2, 0.25) is 0 Å². The summed E-state index contributed by atoms with van der Waals surface area (Å²) in [4.78, 5) is 21.7. The molecule has 1 rings (SSSR count). The van der Waals surface area contributed by atoms with Crippen LogP contribution >= 0.6 is 11.9 Å². The first-order valence-corrected chi connectivity index (χ1v) is 5.43. The molecule has 0 unspecified atom stereocenters. The molecule has 0 radical (unpaired) electrons. The molecule has 0 saturated heterocycles. The summed E-state index contributed by atoms with van der Waals surface area (Å²) in [7, 11) is 0. The Morgan fingerprint density at radius 1 is 1.38 bits per heavy atom. The van der Waals surface area contributed by atoms with Crippen molar-refractivity contribution < 1.29 is 19.8 Å². The molecule has 0 saturated carbocycles. The van der Waals surface area contributed by atoms with Crippen LogP contribution in [0.15, 0.2) is 18.2 Å². The van der Waals surface area contributed by atoms with Crippen LogP contribution < -0.4 is 10.0 Å². The van der Waals surface area contributed by atoms with Gasteiger partial charge in [-0.3, -0.25) is 4.72 Å². The molecule has 0 aliphatic carbocycles. The van der Waals surface area contributed by atoms with E-state index in [2.05, 4.69) is 10.0 Å². The van der Waals surface area contributed by atoms with E-state index in [0.717, 1.165) is 18.0 Å². The number of carboxylic acids is 1. The average Bonchev–Trinajstić information content (AvgIpc) is 2.21. The molecule has 6 nitrogen and oxygen atoms in total. The Bertz CT molecular complexity index is 422. The summed E-state index contributed by atoms with van der Waals surface area (Å²) in [5.74, 6) is -1.44. The van der Waals surface area contributed by atoms with Gasteiger partial charge in [-0.15, -0.1) is 0 Å². The maximum absolute atomic E-state index is 11.1. The van der Waals surface area contributed by atoms with Crippen molar-refractivity contribution in [1.82, 2.24) is 4.72 Å². The number of nitrogens with one attached hydrogen (secondary N) is 2. The molecule has 0 spiro atoms. The summed E-state index contributed by atoms with van der Waals surface area (Å²) in [6.45, 7) is 0. The van der Waals surface area contributed by atoms with Gasteiger partial charge >= 0.3 is 12.0 Å². The number of phenolic OH excluding ortho intramolecular Hbond substituents is 1. The third kappa shape index (κ3) is 3.06. The van der Waals surface area contributed by atoms with Gasteiger partial charge in [-0.25, -0.2) is 9.59 Å². The number of hydrogen-bond donors (Lipinski definition) is 4. The number of phenols is 1. The van der Waals surface area contributed by atoms with Gasteiger partial charge in [0.15, 0.2) is 0 Å². The van der Waals surface area contributed by atoms with Gasteiger partial charge in [-0.2, -0.15) is 0 Å². The second-order valence-electron chi connectivity index (χ2n) is 2.80. The Morgan fingerprint density at radius 2 is 2.06 bits per heavy atom. The predicted octanol–water partition coefficient (Wildman–Crippen LogP) is 1.49. The molecule has 86 valence electrons. The fourth-order valence-corrected chi connectivity index (χ4v) is 1.25. The summed E-state index contributed by atoms with van der Waals surface area (Å²) in [6, 6.07) is 3.18. The Kier molecular flexibility index (Phi) is 4.01. The molecule has 0 aliphatic rings. The summed E-state index contributed by atoms with van der Waals surface area (Å²) >= 11 is 1.11. The highest BCUT2D eigenvalue weighted by molar-refractivity contribution is 7.97. The number of carboxylic acid groups (broad SMARTS) is 1. The number of carbonyl (C=O) groups excluding carboxylic acids is 1. The first kappa shape index (κ1) is 12.2. The maximum atomic E-state index is 11.1. The number of aromatic carboxylic acids is 1. The summed E-state index contributed by atoms with van der Waals surface area (Å²) < 4.78 is 2.40. The summed E-state index contributed by atoms with van der Waals surface area (Å²) in [5.41, 5.74) is 0.102. The first-order chi connectivity index (χ1) is 7.54. The molecular weight excluding hydrogens is 232 g/mol. The van der Waals surface area contributed by atoms with Crippen LogP contribution in [-0.4, -0.2) is 28.5 Å². The molecule has 0 bridgehead atoms. The minimum absolute atomic E-state index is 0.0478. The lowest BCUT2D eigenvalue weighted by Crippen LogP contribution is -2.22. The van der Waals surface area contributed by atoms with Gasteiger partial charge in [0, 0.05) is 6.26 Å². The van der Waals surface area contributed by atoms with Crippen LogP contribution in [0.4, 0.5) is 10.5 Å². The monoisotopic (exact) mass is 242 g/mol. The number of benzene rings is 1. The van der Waals surface area contributed by atoms with E-state index in [1.54, 1.807) is 6.26 Å². The first-order valence-electron chi connectivity index (χ1n) is 4.21.